The predicted octanol–water partition coefficient (Wildman–Crippen LogP) is 5.39. The minimum atomic E-state index is -0.930. The Labute approximate surface area is 188 Å². The van der Waals surface area contributed by atoms with E-state index in [-0.39, 0.29) is 16.4 Å². The molecule has 0 radical (unpaired) electrons. The number of hydrogen-bond acceptors (Lipinski definition) is 5. The van der Waals surface area contributed by atoms with E-state index in [9.17, 15) is 14.9 Å². The number of nitriles is 1. The topological polar surface area (TPSA) is 92.3 Å². The van der Waals surface area contributed by atoms with Crippen molar-refractivity contribution in [1.29, 1.82) is 5.26 Å². The molecule has 1 unspecified atom stereocenters. The maximum Gasteiger partial charge on any atom is 0.336 e. The number of ether oxygens (including phenoxy) is 1. The SMILES string of the molecule is CC(Oc1cc2oc(=O)cc(-c3ccccc3)c2cc1Cl)C(=O)Nc1ccccc1C#N. The highest BCUT2D eigenvalue weighted by Crippen LogP contribution is 2.35. The van der Waals surface area contributed by atoms with E-state index in [0.717, 1.165) is 5.56 Å². The van der Waals surface area contributed by atoms with Crippen LogP contribution >= 0.6 is 11.6 Å². The molecule has 1 aromatic heterocycles. The molecule has 32 heavy (non-hydrogen) atoms. The zero-order valence-corrected chi connectivity index (χ0v) is 17.7. The monoisotopic (exact) mass is 444 g/mol. The van der Waals surface area contributed by atoms with Crippen LogP contribution in [0.4, 0.5) is 5.69 Å². The maximum absolute atomic E-state index is 12.6. The van der Waals surface area contributed by atoms with Crippen LogP contribution in [0, 0.1) is 11.3 Å². The number of rotatable bonds is 5. The number of nitrogens with zero attached hydrogens (tertiary/aromatic N) is 1. The van der Waals surface area contributed by atoms with E-state index >= 15 is 0 Å². The van der Waals surface area contributed by atoms with Crippen LogP contribution in [0.25, 0.3) is 22.1 Å². The lowest BCUT2D eigenvalue weighted by Crippen LogP contribution is -2.30. The summed E-state index contributed by atoms with van der Waals surface area (Å²) in [5, 5.41) is 12.8. The van der Waals surface area contributed by atoms with Crippen LogP contribution in [0.3, 0.4) is 0 Å². The lowest BCUT2D eigenvalue weighted by molar-refractivity contribution is -0.122. The Kier molecular flexibility index (Phi) is 5.93. The second kappa shape index (κ2) is 8.96. The molecule has 0 spiro atoms. The minimum absolute atomic E-state index is 0.198. The van der Waals surface area contributed by atoms with Crippen LogP contribution in [0.5, 0.6) is 5.75 Å². The average Bonchev–Trinajstić information content (AvgIpc) is 2.80. The van der Waals surface area contributed by atoms with Crippen molar-refractivity contribution in [2.75, 3.05) is 5.32 Å². The minimum Gasteiger partial charge on any atom is -0.479 e. The summed E-state index contributed by atoms with van der Waals surface area (Å²) in [4.78, 5) is 24.7. The van der Waals surface area contributed by atoms with E-state index in [4.69, 9.17) is 20.8 Å². The summed E-state index contributed by atoms with van der Waals surface area (Å²) < 4.78 is 11.1. The van der Waals surface area contributed by atoms with Gasteiger partial charge in [0.15, 0.2) is 6.10 Å². The summed E-state index contributed by atoms with van der Waals surface area (Å²) in [6, 6.07) is 22.7. The number of carbonyl (C=O) groups is 1. The standard InChI is InChI=1S/C25H17ClN2O4/c1-15(25(30)28-21-10-6-5-9-17(21)14-27)31-23-13-22-19(11-20(23)26)18(12-24(29)32-22)16-7-3-2-4-8-16/h2-13,15H,1H3,(H,28,30). The van der Waals surface area contributed by atoms with Gasteiger partial charge in [0.1, 0.15) is 17.4 Å². The normalized spacial score (nSPS) is 11.5. The maximum atomic E-state index is 12.6. The number of para-hydroxylation sites is 1. The van der Waals surface area contributed by atoms with Crippen LogP contribution < -0.4 is 15.7 Å². The van der Waals surface area contributed by atoms with Crippen molar-refractivity contribution in [3.05, 3.63) is 93.8 Å². The summed E-state index contributed by atoms with van der Waals surface area (Å²) >= 11 is 6.44. The molecule has 4 aromatic rings. The van der Waals surface area contributed by atoms with Crippen molar-refractivity contribution in [3.63, 3.8) is 0 Å². The highest BCUT2D eigenvalue weighted by atomic mass is 35.5. The molecule has 3 aromatic carbocycles. The summed E-state index contributed by atoms with van der Waals surface area (Å²) in [6.07, 6.45) is -0.930. The zero-order valence-electron chi connectivity index (χ0n) is 17.0. The molecule has 0 aliphatic rings. The molecule has 0 saturated carbocycles. The van der Waals surface area contributed by atoms with Crippen molar-refractivity contribution < 1.29 is 13.9 Å². The summed E-state index contributed by atoms with van der Waals surface area (Å²) in [5.41, 5.74) is 2.04. The molecule has 0 aliphatic carbocycles. The van der Waals surface area contributed by atoms with Crippen molar-refractivity contribution in [2.24, 2.45) is 0 Å². The first-order chi connectivity index (χ1) is 15.5. The van der Waals surface area contributed by atoms with Gasteiger partial charge in [-0.05, 0) is 36.2 Å². The molecule has 158 valence electrons. The van der Waals surface area contributed by atoms with Gasteiger partial charge in [0.25, 0.3) is 5.91 Å². The van der Waals surface area contributed by atoms with Crippen LogP contribution in [0.15, 0.2) is 82.0 Å². The van der Waals surface area contributed by atoms with E-state index in [1.165, 1.54) is 12.1 Å². The number of hydrogen-bond donors (Lipinski definition) is 1. The molecule has 0 aliphatic heterocycles. The number of halogens is 1. The van der Waals surface area contributed by atoms with Gasteiger partial charge in [-0.3, -0.25) is 4.79 Å². The van der Waals surface area contributed by atoms with Crippen LogP contribution in [-0.4, -0.2) is 12.0 Å². The molecule has 6 nitrogen and oxygen atoms in total. The Bertz CT molecular complexity index is 1410. The fourth-order valence-corrected chi connectivity index (χ4v) is 3.49. The fraction of sp³-hybridized carbons (Fsp3) is 0.0800. The van der Waals surface area contributed by atoms with Crippen molar-refractivity contribution in [3.8, 4) is 22.9 Å². The average molecular weight is 445 g/mol. The van der Waals surface area contributed by atoms with E-state index < -0.39 is 17.6 Å². The van der Waals surface area contributed by atoms with E-state index in [0.29, 0.717) is 22.2 Å². The van der Waals surface area contributed by atoms with Crippen LogP contribution in [0.1, 0.15) is 12.5 Å². The molecule has 1 N–H and O–H groups in total. The van der Waals surface area contributed by atoms with E-state index in [2.05, 4.69) is 5.32 Å². The number of benzene rings is 3. The van der Waals surface area contributed by atoms with Gasteiger partial charge in [-0.15, -0.1) is 0 Å². The second-order valence-electron chi connectivity index (χ2n) is 7.03. The van der Waals surface area contributed by atoms with Gasteiger partial charge in [-0.25, -0.2) is 4.79 Å². The first-order valence-corrected chi connectivity index (χ1v) is 10.1. The zero-order chi connectivity index (χ0) is 22.7. The molecule has 1 amide bonds. The highest BCUT2D eigenvalue weighted by molar-refractivity contribution is 6.33. The summed E-state index contributed by atoms with van der Waals surface area (Å²) in [7, 11) is 0. The molecule has 0 saturated heterocycles. The second-order valence-corrected chi connectivity index (χ2v) is 7.44. The Morgan fingerprint density at radius 1 is 1.09 bits per heavy atom. The highest BCUT2D eigenvalue weighted by Gasteiger charge is 2.19. The predicted molar refractivity (Wildman–Crippen MR) is 123 cm³/mol. The van der Waals surface area contributed by atoms with E-state index in [1.54, 1.807) is 37.3 Å². The first kappa shape index (κ1) is 21.2. The third kappa shape index (κ3) is 4.34. The molecule has 1 heterocycles. The Morgan fingerprint density at radius 3 is 2.56 bits per heavy atom. The summed E-state index contributed by atoms with van der Waals surface area (Å²) in [6.45, 7) is 1.56. The lowest BCUT2D eigenvalue weighted by Gasteiger charge is -2.17. The number of amides is 1. The Morgan fingerprint density at radius 2 is 1.81 bits per heavy atom. The van der Waals surface area contributed by atoms with Gasteiger partial charge >= 0.3 is 5.63 Å². The van der Waals surface area contributed by atoms with E-state index in [1.807, 2.05) is 36.4 Å². The molecule has 1 atom stereocenters. The molecular formula is C25H17ClN2O4. The molecule has 7 heteroatoms. The Balaban J connectivity index is 1.64. The number of carbonyl (C=O) groups excluding carboxylic acids is 1. The van der Waals surface area contributed by atoms with Crippen LogP contribution in [0.2, 0.25) is 5.02 Å². The van der Waals surface area contributed by atoms with Crippen molar-refractivity contribution in [1.82, 2.24) is 0 Å². The smallest absolute Gasteiger partial charge is 0.336 e. The molecular weight excluding hydrogens is 428 g/mol. The van der Waals surface area contributed by atoms with Gasteiger partial charge in [0.2, 0.25) is 0 Å². The Hall–Kier alpha value is -4.08. The number of nitrogens with one attached hydrogen (secondary N) is 1. The van der Waals surface area contributed by atoms with Crippen LogP contribution in [-0.2, 0) is 4.79 Å². The quantitative estimate of drug-likeness (QED) is 0.416. The number of fused-ring (bicyclic) bond motifs is 1. The van der Waals surface area contributed by atoms with Crippen molar-refractivity contribution >= 4 is 34.2 Å². The third-order valence-corrected chi connectivity index (χ3v) is 5.16. The molecule has 4 rings (SSSR count). The van der Waals surface area contributed by atoms with Gasteiger partial charge in [-0.1, -0.05) is 54.1 Å². The largest absolute Gasteiger partial charge is 0.479 e. The number of anilines is 1. The first-order valence-electron chi connectivity index (χ1n) is 9.76. The van der Waals surface area contributed by atoms with Gasteiger partial charge < -0.3 is 14.5 Å². The van der Waals surface area contributed by atoms with Gasteiger partial charge in [0, 0.05) is 17.5 Å². The molecule has 0 fully saturated rings. The van der Waals surface area contributed by atoms with Crippen molar-refractivity contribution in [2.45, 2.75) is 13.0 Å². The third-order valence-electron chi connectivity index (χ3n) is 4.86. The fourth-order valence-electron chi connectivity index (χ4n) is 3.28. The lowest BCUT2D eigenvalue weighted by atomic mass is 10.0. The molecule has 0 bridgehead atoms. The summed E-state index contributed by atoms with van der Waals surface area (Å²) in [5.74, 6) is -0.257. The van der Waals surface area contributed by atoms with Gasteiger partial charge in [0.05, 0.1) is 16.3 Å². The van der Waals surface area contributed by atoms with Gasteiger partial charge in [-0.2, -0.15) is 5.26 Å².